The first-order valence-electron chi connectivity index (χ1n) is 12.2. The fourth-order valence-electron chi connectivity index (χ4n) is 4.29. The number of aromatic amines is 1. The van der Waals surface area contributed by atoms with Crippen molar-refractivity contribution < 1.29 is 24.2 Å². The number of aromatic nitrogens is 1. The summed E-state index contributed by atoms with van der Waals surface area (Å²) in [5, 5.41) is 13.3. The average molecular weight is 492 g/mol. The van der Waals surface area contributed by atoms with Crippen LogP contribution in [0, 0.1) is 0 Å². The molecule has 0 aliphatic heterocycles. The van der Waals surface area contributed by atoms with E-state index in [1.165, 1.54) is 23.3 Å². The molecular weight excluding hydrogens is 458 g/mol. The van der Waals surface area contributed by atoms with E-state index in [4.69, 9.17) is 4.74 Å². The third-order valence-electron chi connectivity index (χ3n) is 6.02. The predicted octanol–water partition coefficient (Wildman–Crippen LogP) is 4.71. The number of benzene rings is 2. The van der Waals surface area contributed by atoms with Crippen LogP contribution in [0.2, 0.25) is 0 Å². The summed E-state index contributed by atoms with van der Waals surface area (Å²) in [5.74, 6) is -0.985. The van der Waals surface area contributed by atoms with Crippen molar-refractivity contribution in [1.29, 1.82) is 0 Å². The molecule has 1 aromatic heterocycles. The Hall–Kier alpha value is -3.81. The summed E-state index contributed by atoms with van der Waals surface area (Å²) in [6, 6.07) is 16.8. The number of amides is 2. The highest BCUT2D eigenvalue weighted by molar-refractivity contribution is 5.99. The zero-order valence-electron chi connectivity index (χ0n) is 20.9. The summed E-state index contributed by atoms with van der Waals surface area (Å²) < 4.78 is 5.41. The van der Waals surface area contributed by atoms with Crippen LogP contribution in [0.25, 0.3) is 10.9 Å². The van der Waals surface area contributed by atoms with Crippen LogP contribution >= 0.6 is 0 Å². The van der Waals surface area contributed by atoms with E-state index in [9.17, 15) is 19.5 Å². The van der Waals surface area contributed by atoms with Gasteiger partial charge < -0.3 is 25.0 Å². The van der Waals surface area contributed by atoms with Gasteiger partial charge in [-0.3, -0.25) is 9.59 Å². The van der Waals surface area contributed by atoms with E-state index in [-0.39, 0.29) is 6.54 Å². The normalized spacial score (nSPS) is 14.3. The molecule has 1 fully saturated rings. The van der Waals surface area contributed by atoms with Crippen molar-refractivity contribution in [3.63, 3.8) is 0 Å². The fourth-order valence-corrected chi connectivity index (χ4v) is 4.29. The molecule has 0 bridgehead atoms. The summed E-state index contributed by atoms with van der Waals surface area (Å²) in [4.78, 5) is 42.1. The highest BCUT2D eigenvalue weighted by Gasteiger charge is 2.27. The van der Waals surface area contributed by atoms with Crippen molar-refractivity contribution in [2.45, 2.75) is 57.6 Å². The molecule has 0 radical (unpaired) electrons. The van der Waals surface area contributed by atoms with Gasteiger partial charge in [-0.15, -0.1) is 0 Å². The first kappa shape index (κ1) is 25.3. The summed E-state index contributed by atoms with van der Waals surface area (Å²) in [5.41, 5.74) is 2.65. The topological polar surface area (TPSA) is 112 Å². The van der Waals surface area contributed by atoms with Crippen molar-refractivity contribution in [2.24, 2.45) is 0 Å². The van der Waals surface area contributed by atoms with E-state index < -0.39 is 36.2 Å². The number of carbonyl (C=O) groups excluding carboxylic acids is 2. The van der Waals surface area contributed by atoms with E-state index >= 15 is 0 Å². The largest absolute Gasteiger partial charge is 0.480 e. The number of H-pyrrole nitrogens is 1. The van der Waals surface area contributed by atoms with Gasteiger partial charge in [-0.05, 0) is 75.3 Å². The number of aliphatic carboxylic acids is 1. The smallest absolute Gasteiger partial charge is 0.407 e. The number of nitrogens with zero attached hydrogens (tertiary/aromatic N) is 1. The predicted molar refractivity (Wildman–Crippen MR) is 137 cm³/mol. The van der Waals surface area contributed by atoms with Gasteiger partial charge in [0.2, 0.25) is 0 Å². The van der Waals surface area contributed by atoms with Gasteiger partial charge in [0, 0.05) is 17.4 Å². The molecule has 1 heterocycles. The Bertz CT molecular complexity index is 1240. The number of ether oxygens (including phenoxy) is 1. The van der Waals surface area contributed by atoms with Crippen LogP contribution < -0.4 is 5.32 Å². The molecule has 36 heavy (non-hydrogen) atoms. The number of fused-ring (bicyclic) bond motifs is 1. The SMILES string of the molecule is CC(C)(C)OC(=O)N[C@@H](Cc1ccccc1)CN(CC(=O)O)C(=O)c1cc2cc(C3CC3)ccc2[nH]1. The molecule has 0 spiro atoms. The second-order valence-electron chi connectivity index (χ2n) is 10.4. The number of nitrogens with one attached hydrogen (secondary N) is 2. The number of rotatable bonds is 9. The maximum atomic E-state index is 13.5. The van der Waals surface area contributed by atoms with E-state index in [1.807, 2.05) is 36.4 Å². The molecular formula is C28H33N3O5. The van der Waals surface area contributed by atoms with Crippen molar-refractivity contribution >= 4 is 28.9 Å². The van der Waals surface area contributed by atoms with Crippen LogP contribution in [0.5, 0.6) is 0 Å². The second-order valence-corrected chi connectivity index (χ2v) is 10.4. The first-order valence-corrected chi connectivity index (χ1v) is 12.2. The third kappa shape index (κ3) is 6.87. The average Bonchev–Trinajstić information content (AvgIpc) is 3.55. The van der Waals surface area contributed by atoms with E-state index in [0.717, 1.165) is 16.5 Å². The molecule has 8 nitrogen and oxygen atoms in total. The summed E-state index contributed by atoms with van der Waals surface area (Å²) in [6.45, 7) is 4.81. The second kappa shape index (κ2) is 10.4. The maximum absolute atomic E-state index is 13.5. The van der Waals surface area contributed by atoms with Crippen molar-refractivity contribution in [2.75, 3.05) is 13.1 Å². The van der Waals surface area contributed by atoms with E-state index in [0.29, 0.717) is 18.0 Å². The van der Waals surface area contributed by atoms with Gasteiger partial charge in [-0.25, -0.2) is 4.79 Å². The van der Waals surface area contributed by atoms with Crippen molar-refractivity contribution in [3.8, 4) is 0 Å². The zero-order valence-corrected chi connectivity index (χ0v) is 20.9. The number of carbonyl (C=O) groups is 3. The molecule has 1 aliphatic rings. The number of carboxylic acid groups (broad SMARTS) is 1. The lowest BCUT2D eigenvalue weighted by Gasteiger charge is -2.28. The minimum Gasteiger partial charge on any atom is -0.480 e. The van der Waals surface area contributed by atoms with E-state index in [1.54, 1.807) is 26.8 Å². The molecule has 1 atom stereocenters. The fraction of sp³-hybridized carbons (Fsp3) is 0.393. The van der Waals surface area contributed by atoms with Crippen molar-refractivity contribution in [1.82, 2.24) is 15.2 Å². The molecule has 0 saturated heterocycles. The van der Waals surface area contributed by atoms with Gasteiger partial charge in [0.25, 0.3) is 5.91 Å². The number of carboxylic acids is 1. The standard InChI is InChI=1S/C28H33N3O5/c1-28(2,3)36-27(35)29-22(13-18-7-5-4-6-8-18)16-31(17-25(32)33)26(34)24-15-21-14-20(19-9-10-19)11-12-23(21)30-24/h4-8,11-12,14-15,19,22,30H,9-10,13,16-17H2,1-3H3,(H,29,35)(H,32,33)/t22-/m0/s1. The Kier molecular flexibility index (Phi) is 7.33. The zero-order chi connectivity index (χ0) is 25.9. The quantitative estimate of drug-likeness (QED) is 0.401. The van der Waals surface area contributed by atoms with Gasteiger partial charge in [-0.1, -0.05) is 36.4 Å². The molecule has 2 amide bonds. The number of hydrogen-bond donors (Lipinski definition) is 3. The first-order chi connectivity index (χ1) is 17.1. The third-order valence-corrected chi connectivity index (χ3v) is 6.02. The van der Waals surface area contributed by atoms with Crippen LogP contribution in [-0.4, -0.2) is 57.7 Å². The lowest BCUT2D eigenvalue weighted by atomic mass is 10.1. The molecule has 3 N–H and O–H groups in total. The molecule has 0 unspecified atom stereocenters. The van der Waals surface area contributed by atoms with Crippen LogP contribution in [0.4, 0.5) is 4.79 Å². The lowest BCUT2D eigenvalue weighted by molar-refractivity contribution is -0.137. The maximum Gasteiger partial charge on any atom is 0.407 e. The summed E-state index contributed by atoms with van der Waals surface area (Å²) in [6.07, 6.45) is 2.15. The summed E-state index contributed by atoms with van der Waals surface area (Å²) in [7, 11) is 0. The molecule has 8 heteroatoms. The molecule has 1 saturated carbocycles. The Morgan fingerprint density at radius 1 is 1.11 bits per heavy atom. The van der Waals surface area contributed by atoms with Crippen LogP contribution in [0.3, 0.4) is 0 Å². The minimum absolute atomic E-state index is 0.00194. The number of alkyl carbamates (subject to hydrolysis) is 1. The van der Waals surface area contributed by atoms with Crippen LogP contribution in [0.1, 0.15) is 61.1 Å². The van der Waals surface area contributed by atoms with Gasteiger partial charge in [0.15, 0.2) is 0 Å². The molecule has 2 aromatic carbocycles. The van der Waals surface area contributed by atoms with Gasteiger partial charge in [-0.2, -0.15) is 0 Å². The van der Waals surface area contributed by atoms with Gasteiger partial charge in [0.05, 0.1) is 6.04 Å². The van der Waals surface area contributed by atoms with Gasteiger partial charge in [0.1, 0.15) is 17.8 Å². The Morgan fingerprint density at radius 2 is 1.83 bits per heavy atom. The molecule has 4 rings (SSSR count). The highest BCUT2D eigenvalue weighted by Crippen LogP contribution is 2.40. The summed E-state index contributed by atoms with van der Waals surface area (Å²) >= 11 is 0. The monoisotopic (exact) mass is 491 g/mol. The lowest BCUT2D eigenvalue weighted by Crippen LogP contribution is -2.49. The Labute approximate surface area is 210 Å². The van der Waals surface area contributed by atoms with Crippen LogP contribution in [0.15, 0.2) is 54.6 Å². The molecule has 3 aromatic rings. The highest BCUT2D eigenvalue weighted by atomic mass is 16.6. The Morgan fingerprint density at radius 3 is 2.47 bits per heavy atom. The molecule has 190 valence electrons. The number of hydrogen-bond acceptors (Lipinski definition) is 4. The van der Waals surface area contributed by atoms with Gasteiger partial charge >= 0.3 is 12.1 Å². The molecule has 1 aliphatic carbocycles. The van der Waals surface area contributed by atoms with Crippen LogP contribution in [-0.2, 0) is 16.0 Å². The van der Waals surface area contributed by atoms with Crippen molar-refractivity contribution in [3.05, 3.63) is 71.4 Å². The van der Waals surface area contributed by atoms with E-state index in [2.05, 4.69) is 22.4 Å². The Balaban J connectivity index is 1.56. The minimum atomic E-state index is -1.13.